The number of likely N-dealkylation sites (tertiary alicyclic amines) is 1. The number of amides is 2. The number of anilines is 1. The lowest BCUT2D eigenvalue weighted by molar-refractivity contribution is -0.140. The van der Waals surface area contributed by atoms with Gasteiger partial charge in [0.25, 0.3) is 0 Å². The van der Waals surface area contributed by atoms with Crippen molar-refractivity contribution >= 4 is 29.9 Å². The zero-order chi connectivity index (χ0) is 20.4. The van der Waals surface area contributed by atoms with Crippen molar-refractivity contribution in [1.82, 2.24) is 9.80 Å². The number of halogens is 2. The predicted molar refractivity (Wildman–Crippen MR) is 116 cm³/mol. The molecule has 8 heteroatoms. The predicted octanol–water partition coefficient (Wildman–Crippen LogP) is 2.72. The first-order valence-corrected chi connectivity index (χ1v) is 10.4. The van der Waals surface area contributed by atoms with Gasteiger partial charge in [0.15, 0.2) is 0 Å². The van der Waals surface area contributed by atoms with E-state index in [0.29, 0.717) is 25.1 Å². The van der Waals surface area contributed by atoms with Gasteiger partial charge in [-0.1, -0.05) is 12.2 Å². The number of fused-ring (bicyclic) bond motifs is 1. The standard InChI is InChI=1S/C22H28FN3O3.ClH/c1-29-20-8-7-16(23)15-19(20)25-13-11-24(12-14-25)9-4-10-26-21(27)17-5-2-3-6-18(17)22(26)28;/h2-3,7-8,15,17-18H,4-6,9-14H2,1H3;1H. The second kappa shape index (κ2) is 9.79. The molecule has 2 amide bonds. The highest BCUT2D eigenvalue weighted by atomic mass is 35.5. The molecule has 0 radical (unpaired) electrons. The largest absolute Gasteiger partial charge is 0.495 e. The van der Waals surface area contributed by atoms with Gasteiger partial charge >= 0.3 is 0 Å². The Bertz CT molecular complexity index is 785. The number of ether oxygens (including phenoxy) is 1. The van der Waals surface area contributed by atoms with Crippen LogP contribution in [-0.2, 0) is 9.59 Å². The Morgan fingerprint density at radius 1 is 1.00 bits per heavy atom. The molecule has 4 rings (SSSR count). The molecule has 0 N–H and O–H groups in total. The molecular formula is C22H29ClFN3O3. The number of hydrogen-bond donors (Lipinski definition) is 0. The summed E-state index contributed by atoms with van der Waals surface area (Å²) in [6.07, 6.45) is 6.20. The highest BCUT2D eigenvalue weighted by Gasteiger charge is 2.46. The van der Waals surface area contributed by atoms with Gasteiger partial charge < -0.3 is 9.64 Å². The quantitative estimate of drug-likeness (QED) is 0.506. The van der Waals surface area contributed by atoms with Crippen LogP contribution in [0.2, 0.25) is 0 Å². The van der Waals surface area contributed by atoms with Crippen LogP contribution >= 0.6 is 12.4 Å². The van der Waals surface area contributed by atoms with Gasteiger partial charge in [0.05, 0.1) is 24.6 Å². The first kappa shape index (κ1) is 22.6. The topological polar surface area (TPSA) is 53.1 Å². The number of nitrogens with zero attached hydrogens (tertiary/aromatic N) is 3. The van der Waals surface area contributed by atoms with Crippen molar-refractivity contribution in [3.8, 4) is 5.75 Å². The van der Waals surface area contributed by atoms with Gasteiger partial charge in [0.1, 0.15) is 11.6 Å². The molecule has 0 saturated carbocycles. The third kappa shape index (κ3) is 4.47. The fraction of sp³-hybridized carbons (Fsp3) is 0.545. The first-order valence-electron chi connectivity index (χ1n) is 10.4. The molecule has 2 atom stereocenters. The van der Waals surface area contributed by atoms with Gasteiger partial charge in [-0.05, 0) is 37.9 Å². The summed E-state index contributed by atoms with van der Waals surface area (Å²) < 4.78 is 19.0. The summed E-state index contributed by atoms with van der Waals surface area (Å²) >= 11 is 0. The number of imide groups is 1. The van der Waals surface area contributed by atoms with Gasteiger partial charge in [-0.3, -0.25) is 19.4 Å². The molecule has 0 aromatic heterocycles. The molecule has 2 aliphatic heterocycles. The zero-order valence-corrected chi connectivity index (χ0v) is 18.1. The van der Waals surface area contributed by atoms with E-state index >= 15 is 0 Å². The van der Waals surface area contributed by atoms with E-state index in [4.69, 9.17) is 4.74 Å². The normalized spacial score (nSPS) is 24.1. The number of carbonyl (C=O) groups is 2. The van der Waals surface area contributed by atoms with Gasteiger partial charge in [-0.15, -0.1) is 12.4 Å². The van der Waals surface area contributed by atoms with Crippen LogP contribution in [-0.4, -0.2) is 68.0 Å². The second-order valence-electron chi connectivity index (χ2n) is 7.98. The molecule has 2 saturated heterocycles. The van der Waals surface area contributed by atoms with E-state index in [0.717, 1.165) is 44.8 Å². The maximum atomic E-state index is 13.6. The fourth-order valence-corrected chi connectivity index (χ4v) is 4.66. The van der Waals surface area contributed by atoms with Gasteiger partial charge in [0, 0.05) is 38.8 Å². The van der Waals surface area contributed by atoms with Gasteiger partial charge in [-0.2, -0.15) is 0 Å². The van der Waals surface area contributed by atoms with Crippen LogP contribution in [0.5, 0.6) is 5.75 Å². The number of rotatable bonds is 6. The first-order chi connectivity index (χ1) is 14.1. The average molecular weight is 438 g/mol. The van der Waals surface area contributed by atoms with Crippen molar-refractivity contribution in [2.75, 3.05) is 51.3 Å². The summed E-state index contributed by atoms with van der Waals surface area (Å²) in [5, 5.41) is 0. The molecule has 1 aromatic rings. The lowest BCUT2D eigenvalue weighted by atomic mass is 9.85. The van der Waals surface area contributed by atoms with Gasteiger partial charge in [-0.25, -0.2) is 4.39 Å². The Kier molecular flexibility index (Phi) is 7.36. The summed E-state index contributed by atoms with van der Waals surface area (Å²) in [5.74, 6) is 0.148. The molecule has 30 heavy (non-hydrogen) atoms. The van der Waals surface area contributed by atoms with Crippen molar-refractivity contribution < 1.29 is 18.7 Å². The number of hydrogen-bond acceptors (Lipinski definition) is 5. The summed E-state index contributed by atoms with van der Waals surface area (Å²) in [7, 11) is 1.60. The van der Waals surface area contributed by atoms with Crippen LogP contribution in [0.25, 0.3) is 0 Å². The Labute approximate surface area is 183 Å². The van der Waals surface area contributed by atoms with E-state index in [9.17, 15) is 14.0 Å². The lowest BCUT2D eigenvalue weighted by Crippen LogP contribution is -2.47. The number of methoxy groups -OCH3 is 1. The lowest BCUT2D eigenvalue weighted by Gasteiger charge is -2.36. The van der Waals surface area contributed by atoms with Crippen LogP contribution in [0, 0.1) is 17.7 Å². The van der Waals surface area contributed by atoms with Crippen LogP contribution in [0.15, 0.2) is 30.4 Å². The molecule has 6 nitrogen and oxygen atoms in total. The van der Waals surface area contributed by atoms with Crippen molar-refractivity contribution in [3.05, 3.63) is 36.2 Å². The van der Waals surface area contributed by atoms with Crippen LogP contribution < -0.4 is 9.64 Å². The second-order valence-corrected chi connectivity index (χ2v) is 7.98. The zero-order valence-electron chi connectivity index (χ0n) is 17.3. The van der Waals surface area contributed by atoms with E-state index in [1.54, 1.807) is 13.2 Å². The van der Waals surface area contributed by atoms with Crippen LogP contribution in [0.3, 0.4) is 0 Å². The highest BCUT2D eigenvalue weighted by Crippen LogP contribution is 2.35. The SMILES string of the molecule is COc1ccc(F)cc1N1CCN(CCCN2C(=O)C3CC=CCC3C2=O)CC1.Cl. The number of allylic oxidation sites excluding steroid dienone is 2. The van der Waals surface area contributed by atoms with Crippen molar-refractivity contribution in [2.24, 2.45) is 11.8 Å². The molecule has 2 heterocycles. The summed E-state index contributed by atoms with van der Waals surface area (Å²) in [4.78, 5) is 31.0. The minimum absolute atomic E-state index is 0. The third-order valence-corrected chi connectivity index (χ3v) is 6.31. The summed E-state index contributed by atoms with van der Waals surface area (Å²) in [6.45, 7) is 4.64. The van der Waals surface area contributed by atoms with Crippen molar-refractivity contribution in [3.63, 3.8) is 0 Å². The minimum Gasteiger partial charge on any atom is -0.495 e. The van der Waals surface area contributed by atoms with Gasteiger partial charge in [0.2, 0.25) is 11.8 Å². The number of carbonyl (C=O) groups excluding carboxylic acids is 2. The number of benzene rings is 1. The molecule has 3 aliphatic rings. The minimum atomic E-state index is -0.265. The molecule has 2 fully saturated rings. The average Bonchev–Trinajstić information content (AvgIpc) is 2.99. The van der Waals surface area contributed by atoms with Crippen LogP contribution in [0.1, 0.15) is 19.3 Å². The maximum Gasteiger partial charge on any atom is 0.233 e. The molecule has 0 spiro atoms. The summed E-state index contributed by atoms with van der Waals surface area (Å²) in [5.41, 5.74) is 0.789. The van der Waals surface area contributed by atoms with E-state index < -0.39 is 0 Å². The molecule has 0 bridgehead atoms. The van der Waals surface area contributed by atoms with E-state index in [1.165, 1.54) is 17.0 Å². The Balaban J connectivity index is 0.00000256. The Morgan fingerprint density at radius 3 is 2.23 bits per heavy atom. The number of piperazine rings is 1. The molecule has 164 valence electrons. The molecule has 2 unspecified atom stereocenters. The summed E-state index contributed by atoms with van der Waals surface area (Å²) in [6, 6.07) is 4.59. The Hall–Kier alpha value is -2.12. The van der Waals surface area contributed by atoms with E-state index in [1.807, 2.05) is 12.2 Å². The Morgan fingerprint density at radius 2 is 1.63 bits per heavy atom. The molecular weight excluding hydrogens is 409 g/mol. The van der Waals surface area contributed by atoms with E-state index in [2.05, 4.69) is 9.80 Å². The third-order valence-electron chi connectivity index (χ3n) is 6.31. The fourth-order valence-electron chi connectivity index (χ4n) is 4.66. The smallest absolute Gasteiger partial charge is 0.233 e. The maximum absolute atomic E-state index is 13.6. The highest BCUT2D eigenvalue weighted by molar-refractivity contribution is 6.05. The molecule has 1 aliphatic carbocycles. The molecule has 1 aromatic carbocycles. The van der Waals surface area contributed by atoms with Crippen molar-refractivity contribution in [1.29, 1.82) is 0 Å². The van der Waals surface area contributed by atoms with E-state index in [-0.39, 0.29) is 41.9 Å². The van der Waals surface area contributed by atoms with Crippen LogP contribution in [0.4, 0.5) is 10.1 Å². The van der Waals surface area contributed by atoms with Crippen molar-refractivity contribution in [2.45, 2.75) is 19.3 Å². The monoisotopic (exact) mass is 437 g/mol.